The first-order valence-electron chi connectivity index (χ1n) is 12.1. The van der Waals surface area contributed by atoms with E-state index in [0.29, 0.717) is 45.0 Å². The van der Waals surface area contributed by atoms with Crippen LogP contribution in [0.15, 0.2) is 53.3 Å². The van der Waals surface area contributed by atoms with Crippen molar-refractivity contribution >= 4 is 22.4 Å². The van der Waals surface area contributed by atoms with Gasteiger partial charge in [0, 0.05) is 49.0 Å². The molecule has 4 N–H and O–H groups in total. The van der Waals surface area contributed by atoms with Crippen molar-refractivity contribution in [1.29, 1.82) is 0 Å². The molecule has 3 heterocycles. The summed E-state index contributed by atoms with van der Waals surface area (Å²) < 4.78 is 15.9. The number of halogens is 1. The molecule has 0 atom stereocenters. The first-order chi connectivity index (χ1) is 17.2. The van der Waals surface area contributed by atoms with Gasteiger partial charge >= 0.3 is 0 Å². The number of aromatic nitrogens is 3. The number of hydrogen-bond acceptors (Lipinski definition) is 7. The number of nitrogens with zero attached hydrogens (tertiary/aromatic N) is 5. The minimum Gasteiger partial charge on any atom is -0.383 e. The second-order valence-corrected chi connectivity index (χ2v) is 9.49. The topological polar surface area (TPSA) is 106 Å². The van der Waals surface area contributed by atoms with Crippen molar-refractivity contribution in [2.24, 2.45) is 0 Å². The Hall–Kier alpha value is -3.98. The fraction of sp³-hybridized carbons (Fsp3) is 0.296. The molecule has 36 heavy (non-hydrogen) atoms. The minimum absolute atomic E-state index is 0.0686. The molecule has 0 spiro atoms. The van der Waals surface area contributed by atoms with E-state index < -0.39 is 5.95 Å². The van der Waals surface area contributed by atoms with Crippen LogP contribution in [-0.2, 0) is 0 Å². The van der Waals surface area contributed by atoms with Crippen molar-refractivity contribution < 1.29 is 4.39 Å². The Balaban J connectivity index is 1.47. The maximum atomic E-state index is 14.9. The second-order valence-electron chi connectivity index (χ2n) is 9.49. The number of nitrogens with two attached hydrogens (primary N) is 2. The highest BCUT2D eigenvalue weighted by atomic mass is 19.1. The summed E-state index contributed by atoms with van der Waals surface area (Å²) in [4.78, 5) is 25.7. The lowest BCUT2D eigenvalue weighted by Crippen LogP contribution is -2.48. The van der Waals surface area contributed by atoms with Crippen LogP contribution in [0.3, 0.4) is 0 Å². The molecule has 1 aliphatic rings. The summed E-state index contributed by atoms with van der Waals surface area (Å²) in [6.07, 6.45) is 0. The van der Waals surface area contributed by atoms with Crippen molar-refractivity contribution in [1.82, 2.24) is 19.5 Å². The second kappa shape index (κ2) is 9.23. The van der Waals surface area contributed by atoms with Gasteiger partial charge in [0.2, 0.25) is 5.95 Å². The molecule has 0 bridgehead atoms. The third-order valence-electron chi connectivity index (χ3n) is 6.98. The van der Waals surface area contributed by atoms with Gasteiger partial charge in [-0.2, -0.15) is 4.39 Å². The molecule has 186 valence electrons. The van der Waals surface area contributed by atoms with Crippen LogP contribution >= 0.6 is 0 Å². The minimum atomic E-state index is -0.629. The summed E-state index contributed by atoms with van der Waals surface area (Å²) in [5.74, 6) is 5.59. The molecule has 0 amide bonds. The van der Waals surface area contributed by atoms with E-state index in [1.807, 2.05) is 24.3 Å². The molecule has 1 aliphatic heterocycles. The smallest absolute Gasteiger partial charge is 0.279 e. The van der Waals surface area contributed by atoms with Crippen LogP contribution in [0, 0.1) is 12.9 Å². The Bertz CT molecular complexity index is 1490. The number of fused-ring (bicyclic) bond motifs is 1. The fourth-order valence-corrected chi connectivity index (χ4v) is 4.76. The van der Waals surface area contributed by atoms with E-state index >= 15 is 0 Å². The summed E-state index contributed by atoms with van der Waals surface area (Å²) in [6.45, 7) is 10.1. The van der Waals surface area contributed by atoms with Crippen molar-refractivity contribution in [3.63, 3.8) is 0 Å². The predicted molar refractivity (Wildman–Crippen MR) is 143 cm³/mol. The van der Waals surface area contributed by atoms with Crippen molar-refractivity contribution in [2.45, 2.75) is 26.8 Å². The Labute approximate surface area is 209 Å². The first-order valence-corrected chi connectivity index (χ1v) is 12.1. The molecule has 0 unspecified atom stereocenters. The van der Waals surface area contributed by atoms with E-state index in [9.17, 15) is 9.18 Å². The third kappa shape index (κ3) is 4.26. The molecule has 9 heteroatoms. The van der Waals surface area contributed by atoms with Crippen LogP contribution in [0.1, 0.15) is 19.7 Å². The van der Waals surface area contributed by atoms with Gasteiger partial charge < -0.3 is 16.5 Å². The van der Waals surface area contributed by atoms with Gasteiger partial charge in [-0.3, -0.25) is 9.69 Å². The van der Waals surface area contributed by atoms with Gasteiger partial charge in [-0.25, -0.2) is 14.6 Å². The maximum absolute atomic E-state index is 14.9. The van der Waals surface area contributed by atoms with Crippen LogP contribution in [0.25, 0.3) is 33.2 Å². The predicted octanol–water partition coefficient (Wildman–Crippen LogP) is 3.40. The monoisotopic (exact) mass is 487 g/mol. The van der Waals surface area contributed by atoms with Gasteiger partial charge in [-0.15, -0.1) is 0 Å². The van der Waals surface area contributed by atoms with Crippen LogP contribution in [0.5, 0.6) is 0 Å². The quantitative estimate of drug-likeness (QED) is 0.336. The van der Waals surface area contributed by atoms with Crippen LogP contribution in [0.2, 0.25) is 0 Å². The number of anilines is 2. The van der Waals surface area contributed by atoms with E-state index in [4.69, 9.17) is 11.6 Å². The molecular formula is C27H30FN7O. The number of benzene rings is 2. The third-order valence-corrected chi connectivity index (χ3v) is 6.98. The van der Waals surface area contributed by atoms with E-state index in [1.165, 1.54) is 0 Å². The Morgan fingerprint density at radius 2 is 1.58 bits per heavy atom. The molecule has 5 rings (SSSR count). The standard InChI is InChI=1S/C27H30FN7O/c1-16(2)33-10-12-34(13-11-33)20-7-4-18(5-8-20)22-15-23(26(29)32-25(22)28)19-6-9-21-24(14-19)31-17(3)35(30)27(21)36/h4-9,14-16H,10-13,30H2,1-3H3,(H2,29,32). The number of rotatable bonds is 4. The van der Waals surface area contributed by atoms with Gasteiger partial charge in [-0.1, -0.05) is 18.2 Å². The lowest BCUT2D eigenvalue weighted by molar-refractivity contribution is 0.209. The molecular weight excluding hydrogens is 457 g/mol. The van der Waals surface area contributed by atoms with Gasteiger partial charge in [0.05, 0.1) is 10.9 Å². The molecule has 0 radical (unpaired) electrons. The molecule has 2 aromatic heterocycles. The summed E-state index contributed by atoms with van der Waals surface area (Å²) in [5.41, 5.74) is 9.72. The number of pyridine rings is 1. The highest BCUT2D eigenvalue weighted by molar-refractivity contribution is 5.87. The van der Waals surface area contributed by atoms with Gasteiger partial charge in [-0.05, 0) is 62.2 Å². The number of nitrogen functional groups attached to an aromatic ring is 2. The Morgan fingerprint density at radius 1 is 0.917 bits per heavy atom. The van der Waals surface area contributed by atoms with Gasteiger partial charge in [0.15, 0.2) is 0 Å². The highest BCUT2D eigenvalue weighted by Gasteiger charge is 2.20. The molecule has 1 saturated heterocycles. The van der Waals surface area contributed by atoms with E-state index in [2.05, 4.69) is 33.6 Å². The van der Waals surface area contributed by atoms with Gasteiger partial charge in [0.1, 0.15) is 11.6 Å². The average molecular weight is 488 g/mol. The Morgan fingerprint density at radius 3 is 2.25 bits per heavy atom. The normalized spacial score (nSPS) is 14.6. The maximum Gasteiger partial charge on any atom is 0.279 e. The zero-order valence-electron chi connectivity index (χ0n) is 20.7. The summed E-state index contributed by atoms with van der Waals surface area (Å²) >= 11 is 0. The highest BCUT2D eigenvalue weighted by Crippen LogP contribution is 2.33. The number of hydrogen-bond donors (Lipinski definition) is 2. The largest absolute Gasteiger partial charge is 0.383 e. The molecule has 0 aliphatic carbocycles. The summed E-state index contributed by atoms with van der Waals surface area (Å²) in [6, 6.07) is 15.3. The average Bonchev–Trinajstić information content (AvgIpc) is 2.87. The SMILES string of the molecule is Cc1nc2cc(-c3cc(-c4ccc(N5CCN(C(C)C)CC5)cc4)c(F)nc3N)ccc2c(=O)n1N. The molecule has 0 saturated carbocycles. The van der Waals surface area contributed by atoms with E-state index in [-0.39, 0.29) is 11.4 Å². The fourth-order valence-electron chi connectivity index (χ4n) is 4.76. The molecule has 4 aromatic rings. The van der Waals surface area contributed by atoms with E-state index in [1.54, 1.807) is 31.2 Å². The number of piperazine rings is 1. The first kappa shape index (κ1) is 23.7. The van der Waals surface area contributed by atoms with Crippen molar-refractivity contribution in [3.05, 3.63) is 70.7 Å². The van der Waals surface area contributed by atoms with Crippen LogP contribution in [-0.4, -0.2) is 51.8 Å². The molecule has 1 fully saturated rings. The summed E-state index contributed by atoms with van der Waals surface area (Å²) in [7, 11) is 0. The van der Waals surface area contributed by atoms with E-state index in [0.717, 1.165) is 36.5 Å². The lowest BCUT2D eigenvalue weighted by Gasteiger charge is -2.38. The number of aryl methyl sites for hydroxylation is 1. The van der Waals surface area contributed by atoms with Gasteiger partial charge in [0.25, 0.3) is 5.56 Å². The molecule has 8 nitrogen and oxygen atoms in total. The van der Waals surface area contributed by atoms with Crippen molar-refractivity contribution in [3.8, 4) is 22.3 Å². The van der Waals surface area contributed by atoms with Crippen molar-refractivity contribution in [2.75, 3.05) is 42.7 Å². The van der Waals surface area contributed by atoms with Crippen LogP contribution in [0.4, 0.5) is 15.9 Å². The molecule has 2 aromatic carbocycles. The zero-order chi connectivity index (χ0) is 25.6. The summed E-state index contributed by atoms with van der Waals surface area (Å²) in [5, 5.41) is 0.394. The van der Waals surface area contributed by atoms with Crippen LogP contribution < -0.4 is 22.0 Å². The lowest BCUT2D eigenvalue weighted by atomic mass is 9.99. The zero-order valence-corrected chi connectivity index (χ0v) is 20.7. The Kier molecular flexibility index (Phi) is 6.09.